The highest BCUT2D eigenvalue weighted by Crippen LogP contribution is 2.39. The number of rotatable bonds is 5. The Morgan fingerprint density at radius 3 is 2.57 bits per heavy atom. The van der Waals surface area contributed by atoms with Crippen LogP contribution in [-0.2, 0) is 11.3 Å². The van der Waals surface area contributed by atoms with Crippen LogP contribution in [0.15, 0.2) is 62.7 Å². The minimum absolute atomic E-state index is 0.0491. The zero-order valence-electron chi connectivity index (χ0n) is 21.3. The summed E-state index contributed by atoms with van der Waals surface area (Å²) in [5.41, 5.74) is 6.98. The maximum Gasteiger partial charge on any atom is 0.374 e. The van der Waals surface area contributed by atoms with E-state index in [0.29, 0.717) is 11.3 Å². The Bertz CT molecular complexity index is 1670. The number of aromatic nitrogens is 2. The van der Waals surface area contributed by atoms with Crippen LogP contribution in [0.25, 0.3) is 12.2 Å². The predicted molar refractivity (Wildman–Crippen MR) is 142 cm³/mol. The van der Waals surface area contributed by atoms with Crippen LogP contribution >= 0.6 is 0 Å². The van der Waals surface area contributed by atoms with Gasteiger partial charge in [-0.2, -0.15) is 0 Å². The van der Waals surface area contributed by atoms with Crippen molar-refractivity contribution in [3.8, 4) is 0 Å². The van der Waals surface area contributed by atoms with E-state index in [-0.39, 0.29) is 24.8 Å². The van der Waals surface area contributed by atoms with E-state index >= 15 is 0 Å². The molecule has 2 heterocycles. The van der Waals surface area contributed by atoms with Crippen LogP contribution < -0.4 is 11.2 Å². The van der Waals surface area contributed by atoms with Crippen LogP contribution in [0.2, 0.25) is 0 Å². The molecule has 0 radical (unpaired) electrons. The average Bonchev–Trinajstić information content (AvgIpc) is 3.27. The quantitative estimate of drug-likeness (QED) is 0.348. The molecule has 2 aromatic carbocycles. The van der Waals surface area contributed by atoms with Crippen LogP contribution in [0, 0.1) is 20.8 Å². The van der Waals surface area contributed by atoms with Crippen molar-refractivity contribution < 1.29 is 13.9 Å². The molecule has 7 nitrogen and oxygen atoms in total. The van der Waals surface area contributed by atoms with Gasteiger partial charge in [0.25, 0.3) is 5.56 Å². The zero-order valence-corrected chi connectivity index (χ0v) is 21.3. The molecule has 0 amide bonds. The first-order valence-electron chi connectivity index (χ1n) is 12.2. The fraction of sp³-hybridized carbons (Fsp3) is 0.233. The van der Waals surface area contributed by atoms with Crippen LogP contribution in [0.5, 0.6) is 0 Å². The summed E-state index contributed by atoms with van der Waals surface area (Å²) in [5, 5.41) is 0. The number of furan rings is 1. The standard InChI is InChI=1S/C30H28N2O5/c1-5-36-29(34)26-13-9-21(37-26)15-32-16-25(28(33)31-30(32)35)27-23-10-6-17(2)14-20(23)8-12-22-19(4)18(3)7-11-24(22)27/h6-14,16,27H,5,15H2,1-4H3,(H,31,33,35). The molecule has 1 aliphatic carbocycles. The van der Waals surface area contributed by atoms with Crippen LogP contribution in [0.3, 0.4) is 0 Å². The van der Waals surface area contributed by atoms with Gasteiger partial charge >= 0.3 is 11.7 Å². The Hall–Kier alpha value is -4.39. The smallest absolute Gasteiger partial charge is 0.374 e. The summed E-state index contributed by atoms with van der Waals surface area (Å²) in [6.07, 6.45) is 5.81. The highest BCUT2D eigenvalue weighted by Gasteiger charge is 2.27. The number of carbonyl (C=O) groups is 1. The molecule has 0 bridgehead atoms. The van der Waals surface area contributed by atoms with Crippen LogP contribution in [-0.4, -0.2) is 22.1 Å². The third-order valence-electron chi connectivity index (χ3n) is 6.93. The molecule has 0 saturated heterocycles. The molecule has 0 spiro atoms. The minimum Gasteiger partial charge on any atom is -0.460 e. The monoisotopic (exact) mass is 496 g/mol. The van der Waals surface area contributed by atoms with Gasteiger partial charge in [-0.3, -0.25) is 14.3 Å². The molecule has 0 aliphatic heterocycles. The van der Waals surface area contributed by atoms with Gasteiger partial charge in [-0.1, -0.05) is 48.0 Å². The van der Waals surface area contributed by atoms with Gasteiger partial charge in [0, 0.05) is 17.7 Å². The maximum atomic E-state index is 13.3. The molecule has 188 valence electrons. The van der Waals surface area contributed by atoms with Crippen molar-refractivity contribution in [3.05, 3.63) is 126 Å². The Kier molecular flexibility index (Phi) is 6.29. The number of H-pyrrole nitrogens is 1. The third-order valence-corrected chi connectivity index (χ3v) is 6.93. The summed E-state index contributed by atoms with van der Waals surface area (Å²) in [7, 11) is 0. The van der Waals surface area contributed by atoms with Crippen molar-refractivity contribution in [2.75, 3.05) is 6.61 Å². The molecular formula is C30H28N2O5. The van der Waals surface area contributed by atoms with Crippen LogP contribution in [0.4, 0.5) is 0 Å². The van der Waals surface area contributed by atoms with Gasteiger partial charge in [0.05, 0.1) is 13.2 Å². The highest BCUT2D eigenvalue weighted by atomic mass is 16.5. The Morgan fingerprint density at radius 1 is 1.00 bits per heavy atom. The maximum absolute atomic E-state index is 13.3. The van der Waals surface area contributed by atoms with E-state index in [9.17, 15) is 14.4 Å². The van der Waals surface area contributed by atoms with E-state index in [1.165, 1.54) is 16.2 Å². The number of carbonyl (C=O) groups excluding carboxylic acids is 1. The lowest BCUT2D eigenvalue weighted by atomic mass is 9.81. The van der Waals surface area contributed by atoms with E-state index < -0.39 is 17.2 Å². The van der Waals surface area contributed by atoms with Gasteiger partial charge < -0.3 is 9.15 Å². The molecule has 5 rings (SSSR count). The van der Waals surface area contributed by atoms with Crippen LogP contribution in [0.1, 0.15) is 73.7 Å². The van der Waals surface area contributed by atoms with Crippen molar-refractivity contribution in [1.29, 1.82) is 0 Å². The van der Waals surface area contributed by atoms with Gasteiger partial charge in [-0.25, -0.2) is 9.59 Å². The molecule has 4 aromatic rings. The number of esters is 1. The first-order chi connectivity index (χ1) is 17.8. The van der Waals surface area contributed by atoms with Crippen molar-refractivity contribution >= 4 is 18.1 Å². The number of hydrogen-bond acceptors (Lipinski definition) is 5. The Balaban J connectivity index is 1.65. The van der Waals surface area contributed by atoms with Gasteiger partial charge in [0.2, 0.25) is 5.76 Å². The minimum atomic E-state index is -0.566. The molecule has 1 N–H and O–H groups in total. The van der Waals surface area contributed by atoms with Gasteiger partial charge in [0.1, 0.15) is 5.76 Å². The Morgan fingerprint density at radius 2 is 1.78 bits per heavy atom. The van der Waals surface area contributed by atoms with E-state index in [0.717, 1.165) is 33.4 Å². The number of fused-ring (bicyclic) bond motifs is 2. The molecule has 1 unspecified atom stereocenters. The topological polar surface area (TPSA) is 94.3 Å². The first-order valence-corrected chi connectivity index (χ1v) is 12.2. The molecule has 0 fully saturated rings. The van der Waals surface area contributed by atoms with Gasteiger partial charge in [-0.05, 0) is 73.2 Å². The second-order valence-corrected chi connectivity index (χ2v) is 9.37. The lowest BCUT2D eigenvalue weighted by Crippen LogP contribution is -2.33. The van der Waals surface area contributed by atoms with Crippen molar-refractivity contribution in [1.82, 2.24) is 9.55 Å². The predicted octanol–water partition coefficient (Wildman–Crippen LogP) is 4.94. The number of ether oxygens (including phenoxy) is 1. The summed E-state index contributed by atoms with van der Waals surface area (Å²) < 4.78 is 12.0. The summed E-state index contributed by atoms with van der Waals surface area (Å²) in [6.45, 7) is 8.19. The van der Waals surface area contributed by atoms with Crippen molar-refractivity contribution in [3.63, 3.8) is 0 Å². The molecule has 2 aromatic heterocycles. The van der Waals surface area contributed by atoms with Crippen molar-refractivity contribution in [2.24, 2.45) is 0 Å². The number of aromatic amines is 1. The van der Waals surface area contributed by atoms with E-state index in [1.807, 2.05) is 13.0 Å². The summed E-state index contributed by atoms with van der Waals surface area (Å²) in [6, 6.07) is 13.5. The first kappa shape index (κ1) is 24.3. The van der Waals surface area contributed by atoms with Gasteiger partial charge in [-0.15, -0.1) is 0 Å². The molecule has 1 atom stereocenters. The number of hydrogen-bond donors (Lipinski definition) is 1. The SMILES string of the molecule is CCOC(=O)c1ccc(Cn2cc(C3c4ccc(C)cc4C=Cc4c3ccc(C)c4C)c(=O)[nH]c2=O)o1. The number of nitrogens with one attached hydrogen (secondary N) is 1. The second kappa shape index (κ2) is 9.58. The van der Waals surface area contributed by atoms with E-state index in [2.05, 4.69) is 55.2 Å². The third kappa shape index (κ3) is 4.48. The number of benzene rings is 2. The second-order valence-electron chi connectivity index (χ2n) is 9.37. The number of aryl methyl sites for hydroxylation is 2. The van der Waals surface area contributed by atoms with Gasteiger partial charge in [0.15, 0.2) is 0 Å². The molecule has 1 aliphatic rings. The zero-order chi connectivity index (χ0) is 26.3. The largest absolute Gasteiger partial charge is 0.460 e. The Labute approximate surface area is 214 Å². The molecular weight excluding hydrogens is 468 g/mol. The van der Waals surface area contributed by atoms with E-state index in [4.69, 9.17) is 9.15 Å². The lowest BCUT2D eigenvalue weighted by molar-refractivity contribution is 0.0488. The van der Waals surface area contributed by atoms with E-state index in [1.54, 1.807) is 19.2 Å². The molecule has 37 heavy (non-hydrogen) atoms. The molecule has 0 saturated carbocycles. The fourth-order valence-corrected chi connectivity index (χ4v) is 4.90. The summed E-state index contributed by atoms with van der Waals surface area (Å²) in [4.78, 5) is 40.6. The van der Waals surface area contributed by atoms with Crippen molar-refractivity contribution in [2.45, 2.75) is 40.2 Å². The number of nitrogens with zero attached hydrogens (tertiary/aromatic N) is 1. The highest BCUT2D eigenvalue weighted by molar-refractivity contribution is 5.86. The normalized spacial score (nSPS) is 14.1. The fourth-order valence-electron chi connectivity index (χ4n) is 4.90. The lowest BCUT2D eigenvalue weighted by Gasteiger charge is -2.22. The molecule has 7 heteroatoms. The average molecular weight is 497 g/mol. The summed E-state index contributed by atoms with van der Waals surface area (Å²) >= 11 is 0. The summed E-state index contributed by atoms with van der Waals surface area (Å²) in [5.74, 6) is -0.493.